The van der Waals surface area contributed by atoms with E-state index in [1.165, 1.54) is 0 Å². The third kappa shape index (κ3) is 5.50. The Balaban J connectivity index is 2.17. The number of nitrogens with one attached hydrogen (secondary N) is 1. The maximum absolute atomic E-state index is 11.9. The SMILES string of the molecule is CCOC1CCN(C(=O)CCNC(C)C)CC1. The molecule has 4 heteroatoms. The second kappa shape index (κ2) is 7.67. The topological polar surface area (TPSA) is 41.6 Å². The van der Waals surface area contributed by atoms with Gasteiger partial charge in [0, 0.05) is 38.7 Å². The molecule has 1 rings (SSSR count). The molecule has 0 bridgehead atoms. The standard InChI is InChI=1S/C13H26N2O2/c1-4-17-12-6-9-15(10-7-12)13(16)5-8-14-11(2)3/h11-12,14H,4-10H2,1-3H3. The number of likely N-dealkylation sites (tertiary alicyclic amines) is 1. The molecule has 1 fully saturated rings. The van der Waals surface area contributed by atoms with Gasteiger partial charge in [0.25, 0.3) is 0 Å². The zero-order chi connectivity index (χ0) is 12.7. The lowest BCUT2D eigenvalue weighted by Crippen LogP contribution is -2.42. The van der Waals surface area contributed by atoms with E-state index in [0.717, 1.165) is 39.1 Å². The number of hydrogen-bond acceptors (Lipinski definition) is 3. The Morgan fingerprint density at radius 3 is 2.59 bits per heavy atom. The van der Waals surface area contributed by atoms with Crippen molar-refractivity contribution in [2.24, 2.45) is 0 Å². The Hall–Kier alpha value is -0.610. The molecule has 0 aliphatic carbocycles. The first-order valence-electron chi connectivity index (χ1n) is 6.76. The lowest BCUT2D eigenvalue weighted by Gasteiger charge is -2.32. The van der Waals surface area contributed by atoms with Crippen molar-refractivity contribution in [2.45, 2.75) is 52.2 Å². The minimum Gasteiger partial charge on any atom is -0.378 e. The van der Waals surface area contributed by atoms with Crippen LogP contribution >= 0.6 is 0 Å². The van der Waals surface area contributed by atoms with Crippen molar-refractivity contribution < 1.29 is 9.53 Å². The molecule has 4 nitrogen and oxygen atoms in total. The van der Waals surface area contributed by atoms with Crippen LogP contribution in [0.2, 0.25) is 0 Å². The van der Waals surface area contributed by atoms with Crippen LogP contribution in [-0.4, -0.2) is 49.2 Å². The fourth-order valence-corrected chi connectivity index (χ4v) is 2.13. The molecule has 0 saturated carbocycles. The Morgan fingerprint density at radius 1 is 1.41 bits per heavy atom. The van der Waals surface area contributed by atoms with Crippen molar-refractivity contribution in [3.05, 3.63) is 0 Å². The number of hydrogen-bond donors (Lipinski definition) is 1. The van der Waals surface area contributed by atoms with Crippen molar-refractivity contribution in [1.82, 2.24) is 10.2 Å². The van der Waals surface area contributed by atoms with Gasteiger partial charge in [-0.3, -0.25) is 4.79 Å². The predicted octanol–water partition coefficient (Wildman–Crippen LogP) is 1.40. The van der Waals surface area contributed by atoms with E-state index >= 15 is 0 Å². The van der Waals surface area contributed by atoms with Crippen LogP contribution in [-0.2, 0) is 9.53 Å². The fourth-order valence-electron chi connectivity index (χ4n) is 2.13. The summed E-state index contributed by atoms with van der Waals surface area (Å²) in [7, 11) is 0. The van der Waals surface area contributed by atoms with Gasteiger partial charge < -0.3 is 15.0 Å². The van der Waals surface area contributed by atoms with Crippen LogP contribution in [0.3, 0.4) is 0 Å². The van der Waals surface area contributed by atoms with E-state index in [1.54, 1.807) is 0 Å². The van der Waals surface area contributed by atoms with Crippen LogP contribution in [0.5, 0.6) is 0 Å². The van der Waals surface area contributed by atoms with Crippen LogP contribution in [0.15, 0.2) is 0 Å². The highest BCUT2D eigenvalue weighted by Crippen LogP contribution is 2.14. The van der Waals surface area contributed by atoms with Gasteiger partial charge in [-0.25, -0.2) is 0 Å². The van der Waals surface area contributed by atoms with Gasteiger partial charge in [0.15, 0.2) is 0 Å². The number of nitrogens with zero attached hydrogens (tertiary/aromatic N) is 1. The molecule has 1 amide bonds. The lowest BCUT2D eigenvalue weighted by molar-refractivity contribution is -0.133. The number of ether oxygens (including phenoxy) is 1. The fraction of sp³-hybridized carbons (Fsp3) is 0.923. The van der Waals surface area contributed by atoms with Gasteiger partial charge in [-0.05, 0) is 19.8 Å². The molecule has 1 N–H and O–H groups in total. The highest BCUT2D eigenvalue weighted by molar-refractivity contribution is 5.76. The summed E-state index contributed by atoms with van der Waals surface area (Å²) in [4.78, 5) is 13.9. The minimum atomic E-state index is 0.271. The summed E-state index contributed by atoms with van der Waals surface area (Å²) in [5.41, 5.74) is 0. The first-order chi connectivity index (χ1) is 8.13. The normalized spacial score (nSPS) is 17.8. The number of piperidine rings is 1. The second-order valence-electron chi connectivity index (χ2n) is 4.89. The van der Waals surface area contributed by atoms with Crippen LogP contribution in [0.25, 0.3) is 0 Å². The van der Waals surface area contributed by atoms with Gasteiger partial charge in [0.05, 0.1) is 6.10 Å². The van der Waals surface area contributed by atoms with Crippen LogP contribution < -0.4 is 5.32 Å². The summed E-state index contributed by atoms with van der Waals surface area (Å²) in [6.45, 7) is 9.47. The third-order valence-corrected chi connectivity index (χ3v) is 3.09. The van der Waals surface area contributed by atoms with E-state index in [4.69, 9.17) is 4.74 Å². The molecule has 1 heterocycles. The van der Waals surface area contributed by atoms with Gasteiger partial charge in [-0.15, -0.1) is 0 Å². The van der Waals surface area contributed by atoms with Crippen molar-refractivity contribution in [3.63, 3.8) is 0 Å². The van der Waals surface area contributed by atoms with Gasteiger partial charge in [0.2, 0.25) is 5.91 Å². The Kier molecular flexibility index (Phi) is 6.52. The average molecular weight is 242 g/mol. The number of carbonyl (C=O) groups is 1. The van der Waals surface area contributed by atoms with Gasteiger partial charge in [-0.1, -0.05) is 13.8 Å². The van der Waals surface area contributed by atoms with Crippen molar-refractivity contribution in [2.75, 3.05) is 26.2 Å². The summed E-state index contributed by atoms with van der Waals surface area (Å²) in [5.74, 6) is 0.271. The summed E-state index contributed by atoms with van der Waals surface area (Å²) < 4.78 is 5.57. The summed E-state index contributed by atoms with van der Waals surface area (Å²) in [6, 6.07) is 0.450. The molecule has 1 aliphatic rings. The maximum Gasteiger partial charge on any atom is 0.223 e. The highest BCUT2D eigenvalue weighted by atomic mass is 16.5. The number of rotatable bonds is 6. The molecule has 0 radical (unpaired) electrons. The molecular weight excluding hydrogens is 216 g/mol. The molecule has 0 unspecified atom stereocenters. The van der Waals surface area contributed by atoms with E-state index in [-0.39, 0.29) is 5.91 Å². The van der Waals surface area contributed by atoms with Gasteiger partial charge >= 0.3 is 0 Å². The van der Waals surface area contributed by atoms with Crippen LogP contribution in [0, 0.1) is 0 Å². The van der Waals surface area contributed by atoms with Crippen molar-refractivity contribution in [1.29, 1.82) is 0 Å². The minimum absolute atomic E-state index is 0.271. The summed E-state index contributed by atoms with van der Waals surface area (Å²) in [6.07, 6.45) is 2.93. The van der Waals surface area contributed by atoms with E-state index < -0.39 is 0 Å². The molecule has 1 aliphatic heterocycles. The van der Waals surface area contributed by atoms with Gasteiger partial charge in [-0.2, -0.15) is 0 Å². The van der Waals surface area contributed by atoms with E-state index in [2.05, 4.69) is 19.2 Å². The lowest BCUT2D eigenvalue weighted by atomic mass is 10.1. The smallest absolute Gasteiger partial charge is 0.223 e. The number of carbonyl (C=O) groups excluding carboxylic acids is 1. The van der Waals surface area contributed by atoms with Crippen LogP contribution in [0.1, 0.15) is 40.0 Å². The molecule has 17 heavy (non-hydrogen) atoms. The summed E-state index contributed by atoms with van der Waals surface area (Å²) >= 11 is 0. The molecule has 1 saturated heterocycles. The first kappa shape index (κ1) is 14.5. The first-order valence-corrected chi connectivity index (χ1v) is 6.76. The summed E-state index contributed by atoms with van der Waals surface area (Å²) in [5, 5.41) is 3.27. The van der Waals surface area contributed by atoms with E-state index in [9.17, 15) is 4.79 Å². The van der Waals surface area contributed by atoms with Gasteiger partial charge in [0.1, 0.15) is 0 Å². The Bertz CT molecular complexity index is 223. The molecule has 0 aromatic rings. The Morgan fingerprint density at radius 2 is 2.06 bits per heavy atom. The quantitative estimate of drug-likeness (QED) is 0.765. The monoisotopic (exact) mass is 242 g/mol. The average Bonchev–Trinajstić information content (AvgIpc) is 2.30. The molecule has 0 atom stereocenters. The van der Waals surface area contributed by atoms with Crippen molar-refractivity contribution >= 4 is 5.91 Å². The third-order valence-electron chi connectivity index (χ3n) is 3.09. The van der Waals surface area contributed by atoms with Crippen LogP contribution in [0.4, 0.5) is 0 Å². The molecular formula is C13H26N2O2. The second-order valence-corrected chi connectivity index (χ2v) is 4.89. The molecule has 0 spiro atoms. The number of amides is 1. The molecule has 0 aromatic heterocycles. The molecule has 0 aromatic carbocycles. The highest BCUT2D eigenvalue weighted by Gasteiger charge is 2.22. The largest absolute Gasteiger partial charge is 0.378 e. The maximum atomic E-state index is 11.9. The zero-order valence-corrected chi connectivity index (χ0v) is 11.4. The van der Waals surface area contributed by atoms with E-state index in [0.29, 0.717) is 18.6 Å². The zero-order valence-electron chi connectivity index (χ0n) is 11.4. The predicted molar refractivity (Wildman–Crippen MR) is 69.0 cm³/mol. The molecule has 100 valence electrons. The Labute approximate surface area is 105 Å². The van der Waals surface area contributed by atoms with E-state index in [1.807, 2.05) is 11.8 Å². The van der Waals surface area contributed by atoms with Crippen molar-refractivity contribution in [3.8, 4) is 0 Å².